The molecule has 0 aliphatic carbocycles. The third-order valence-corrected chi connectivity index (χ3v) is 1.82. The van der Waals surface area contributed by atoms with Crippen LogP contribution in [0.4, 0.5) is 0 Å². The first-order chi connectivity index (χ1) is 8.43. The molecule has 70 valence electrons. The van der Waals surface area contributed by atoms with Gasteiger partial charge >= 0.3 is 0 Å². The minimum Gasteiger partial charge on any atom is -0.454 e. The summed E-state index contributed by atoms with van der Waals surface area (Å²) < 4.78 is 47.2. The lowest BCUT2D eigenvalue weighted by atomic mass is 10.1. The summed E-state index contributed by atoms with van der Waals surface area (Å²) in [5.74, 6) is 1.15. The molecule has 0 fully saturated rings. The summed E-state index contributed by atoms with van der Waals surface area (Å²) in [6, 6.07) is 3.08. The molecule has 1 atom stereocenters. The van der Waals surface area contributed by atoms with Crippen molar-refractivity contribution >= 4 is 0 Å². The van der Waals surface area contributed by atoms with Crippen molar-refractivity contribution in [2.45, 2.75) is 19.3 Å². The summed E-state index contributed by atoms with van der Waals surface area (Å²) in [5, 5.41) is 0. The molecular formula is C10H13NO2. The third-order valence-electron chi connectivity index (χ3n) is 1.82. The van der Waals surface area contributed by atoms with Gasteiger partial charge in [-0.15, -0.1) is 0 Å². The van der Waals surface area contributed by atoms with Crippen molar-refractivity contribution in [1.29, 1.82) is 0 Å². The van der Waals surface area contributed by atoms with E-state index in [0.717, 1.165) is 0 Å². The Morgan fingerprint density at radius 2 is 2.62 bits per heavy atom. The molecule has 0 amide bonds. The average Bonchev–Trinajstić information content (AvgIpc) is 2.75. The Morgan fingerprint density at radius 3 is 3.46 bits per heavy atom. The highest BCUT2D eigenvalue weighted by Crippen LogP contribution is 2.32. The molecule has 0 aromatic heterocycles. The lowest BCUT2D eigenvalue weighted by Gasteiger charge is -2.05. The van der Waals surface area contributed by atoms with Crippen molar-refractivity contribution in [2.75, 3.05) is 6.79 Å². The number of hydrogen-bond donors (Lipinski definition) is 1. The fourth-order valence-electron chi connectivity index (χ4n) is 1.26. The molecule has 1 aromatic rings. The number of nitrogens with two attached hydrogens (primary N) is 1. The molecule has 3 nitrogen and oxygen atoms in total. The molecule has 0 saturated carbocycles. The number of benzene rings is 1. The van der Waals surface area contributed by atoms with E-state index in [1.165, 1.54) is 0 Å². The largest absolute Gasteiger partial charge is 0.454 e. The quantitative estimate of drug-likeness (QED) is 0.770. The van der Waals surface area contributed by atoms with Crippen LogP contribution in [-0.2, 0) is 6.42 Å². The second-order valence-corrected chi connectivity index (χ2v) is 2.86. The summed E-state index contributed by atoms with van der Waals surface area (Å²) in [4.78, 5) is 0. The highest BCUT2D eigenvalue weighted by atomic mass is 16.7. The molecule has 0 radical (unpaired) electrons. The Labute approximate surface area is 84.6 Å². The molecule has 2 N–H and O–H groups in total. The number of fused-ring (bicyclic) bond motifs is 1. The van der Waals surface area contributed by atoms with Crippen LogP contribution in [0, 0.1) is 0 Å². The van der Waals surface area contributed by atoms with E-state index in [4.69, 9.17) is 16.4 Å². The van der Waals surface area contributed by atoms with Gasteiger partial charge in [-0.25, -0.2) is 0 Å². The van der Waals surface area contributed by atoms with Gasteiger partial charge in [0.15, 0.2) is 11.5 Å². The molecule has 0 saturated heterocycles. The van der Waals surface area contributed by atoms with E-state index < -0.39 is 12.9 Å². The molecule has 3 heteroatoms. The molecule has 1 aliphatic heterocycles. The molecule has 1 unspecified atom stereocenters. The molecule has 2 rings (SSSR count). The van der Waals surface area contributed by atoms with E-state index in [1.807, 2.05) is 0 Å². The van der Waals surface area contributed by atoms with Crippen LogP contribution in [-0.4, -0.2) is 12.8 Å². The summed E-state index contributed by atoms with van der Waals surface area (Å²) in [7, 11) is 0. The van der Waals surface area contributed by atoms with E-state index in [9.17, 15) is 0 Å². The van der Waals surface area contributed by atoms with Crippen molar-refractivity contribution in [3.63, 3.8) is 0 Å². The summed E-state index contributed by atoms with van der Waals surface area (Å²) >= 11 is 0. The Kier molecular flexibility index (Phi) is 1.09. The van der Waals surface area contributed by atoms with Gasteiger partial charge in [-0.3, -0.25) is 0 Å². The van der Waals surface area contributed by atoms with E-state index in [2.05, 4.69) is 0 Å². The molecule has 1 aliphatic rings. The van der Waals surface area contributed by atoms with Crippen molar-refractivity contribution in [3.8, 4) is 11.5 Å². The van der Waals surface area contributed by atoms with Gasteiger partial charge in [-0.05, 0) is 31.0 Å². The second kappa shape index (κ2) is 3.26. The van der Waals surface area contributed by atoms with Crippen LogP contribution in [0.15, 0.2) is 18.2 Å². The maximum atomic E-state index is 7.87. The van der Waals surface area contributed by atoms with Gasteiger partial charge in [0.1, 0.15) is 2.82 Å². The lowest BCUT2D eigenvalue weighted by Crippen LogP contribution is -2.17. The van der Waals surface area contributed by atoms with E-state index >= 15 is 0 Å². The minimum absolute atomic E-state index is 0.0751. The predicted molar refractivity (Wildman–Crippen MR) is 49.9 cm³/mol. The van der Waals surface area contributed by atoms with E-state index in [-0.39, 0.29) is 18.9 Å². The van der Waals surface area contributed by atoms with Crippen LogP contribution in [0.3, 0.4) is 0 Å². The Morgan fingerprint density at radius 1 is 1.69 bits per heavy atom. The van der Waals surface area contributed by atoms with Crippen LogP contribution >= 0.6 is 0 Å². The zero-order chi connectivity index (χ0) is 13.3. The monoisotopic (exact) mass is 184 g/mol. The number of hydrogen-bond acceptors (Lipinski definition) is 3. The summed E-state index contributed by atoms with van der Waals surface area (Å²) in [6.07, 6.45) is -0.0751. The SMILES string of the molecule is [2H]C([2H])C([2H])(Cc1ccc2c(c1)OCO2)N([2H])[2H]. The van der Waals surface area contributed by atoms with Crippen molar-refractivity contribution in [3.05, 3.63) is 23.8 Å². The predicted octanol–water partition coefficient (Wildman–Crippen LogP) is 1.30. The zero-order valence-corrected chi connectivity index (χ0v) is 6.99. The van der Waals surface area contributed by atoms with Gasteiger partial charge in [-0.2, -0.15) is 0 Å². The van der Waals surface area contributed by atoms with Crippen molar-refractivity contribution in [1.82, 2.24) is 0 Å². The first-order valence-corrected chi connectivity index (χ1v) is 3.94. The minimum atomic E-state index is -1.94. The van der Waals surface area contributed by atoms with E-state index in [0.29, 0.717) is 17.1 Å². The van der Waals surface area contributed by atoms with Gasteiger partial charge < -0.3 is 15.2 Å². The van der Waals surface area contributed by atoms with Crippen molar-refractivity contribution < 1.29 is 16.4 Å². The second-order valence-electron chi connectivity index (χ2n) is 2.86. The first-order valence-electron chi connectivity index (χ1n) is 6.49. The fraction of sp³-hybridized carbons (Fsp3) is 0.400. The standard InChI is InChI=1S/C10H13NO2/c1-7(11)4-8-2-3-9-10(5-8)13-6-12-9/h2-3,5,7H,4,6,11H2,1H3/i1D2,7D/hD2. The number of ether oxygens (including phenoxy) is 2. The smallest absolute Gasteiger partial charge is 0.231 e. The summed E-state index contributed by atoms with van der Waals surface area (Å²) in [6.45, 7) is -1.48. The van der Waals surface area contributed by atoms with Crippen LogP contribution < -0.4 is 15.2 Å². The molecule has 13 heavy (non-hydrogen) atoms. The maximum absolute atomic E-state index is 7.87. The van der Waals surface area contributed by atoms with Crippen LogP contribution in [0.5, 0.6) is 11.5 Å². The lowest BCUT2D eigenvalue weighted by molar-refractivity contribution is 0.174. The van der Waals surface area contributed by atoms with E-state index in [1.54, 1.807) is 18.2 Å². The fourth-order valence-corrected chi connectivity index (χ4v) is 1.26. The zero-order valence-electron chi connectivity index (χ0n) is 12.0. The summed E-state index contributed by atoms with van der Waals surface area (Å²) in [5.41, 5.74) is 0.727. The molecule has 1 heterocycles. The first kappa shape index (κ1) is 4.33. The van der Waals surface area contributed by atoms with Gasteiger partial charge in [-0.1, -0.05) is 6.07 Å². The topological polar surface area (TPSA) is 44.5 Å². The maximum Gasteiger partial charge on any atom is 0.231 e. The normalized spacial score (nSPS) is 24.3. The Hall–Kier alpha value is -1.22. The molecular weight excluding hydrogens is 166 g/mol. The Balaban J connectivity index is 2.22. The molecule has 0 bridgehead atoms. The highest BCUT2D eigenvalue weighted by molar-refractivity contribution is 5.44. The average molecular weight is 184 g/mol. The van der Waals surface area contributed by atoms with Crippen LogP contribution in [0.25, 0.3) is 0 Å². The van der Waals surface area contributed by atoms with Gasteiger partial charge in [0.2, 0.25) is 6.79 Å². The third kappa shape index (κ3) is 1.75. The van der Waals surface area contributed by atoms with Gasteiger partial charge in [0.05, 0.1) is 0 Å². The highest BCUT2D eigenvalue weighted by Gasteiger charge is 2.13. The van der Waals surface area contributed by atoms with Crippen molar-refractivity contribution in [2.24, 2.45) is 5.72 Å². The van der Waals surface area contributed by atoms with Crippen LogP contribution in [0.2, 0.25) is 2.82 Å². The number of rotatable bonds is 3. The molecule has 0 spiro atoms. The van der Waals surface area contributed by atoms with Gasteiger partial charge in [0.25, 0.3) is 0 Å². The molecule has 1 aromatic carbocycles. The van der Waals surface area contributed by atoms with Crippen LogP contribution in [0.1, 0.15) is 16.6 Å². The van der Waals surface area contributed by atoms with Gasteiger partial charge in [0, 0.05) is 10.1 Å². The Bertz CT molecular complexity index is 432.